The van der Waals surface area contributed by atoms with Gasteiger partial charge in [-0.1, -0.05) is 5.21 Å². The molecule has 4 N–H and O–H groups in total. The van der Waals surface area contributed by atoms with Crippen LogP contribution in [0, 0.1) is 0 Å². The van der Waals surface area contributed by atoms with E-state index < -0.39 is 0 Å². The number of amides is 2. The molecule has 2 rings (SSSR count). The average molecular weight is 266 g/mol. The molecule has 0 unspecified atom stereocenters. The molecule has 8 heteroatoms. The molecule has 104 valence electrons. The van der Waals surface area contributed by atoms with E-state index in [1.54, 1.807) is 10.9 Å². The Bertz CT molecular complexity index is 454. The van der Waals surface area contributed by atoms with E-state index in [2.05, 4.69) is 20.9 Å². The maximum atomic E-state index is 11.5. The molecule has 2 amide bonds. The first-order valence-corrected chi connectivity index (χ1v) is 6.32. The summed E-state index contributed by atoms with van der Waals surface area (Å²) >= 11 is 0. The van der Waals surface area contributed by atoms with Crippen molar-refractivity contribution in [3.8, 4) is 0 Å². The van der Waals surface area contributed by atoms with Crippen molar-refractivity contribution in [1.82, 2.24) is 25.6 Å². The molecule has 0 aliphatic heterocycles. The molecule has 1 aromatic heterocycles. The summed E-state index contributed by atoms with van der Waals surface area (Å²) in [5.74, 6) is -0.200. The minimum atomic E-state index is -0.238. The monoisotopic (exact) mass is 266 g/mol. The van der Waals surface area contributed by atoms with E-state index in [0.29, 0.717) is 31.2 Å². The Morgan fingerprint density at radius 2 is 2.21 bits per heavy atom. The molecule has 1 fully saturated rings. The topological polar surface area (TPSA) is 115 Å². The van der Waals surface area contributed by atoms with Crippen LogP contribution < -0.4 is 16.4 Å². The van der Waals surface area contributed by atoms with E-state index in [-0.39, 0.29) is 18.4 Å². The van der Waals surface area contributed by atoms with Gasteiger partial charge in [0.05, 0.1) is 25.8 Å². The number of hydrogen-bond donors (Lipinski definition) is 3. The molecular formula is C11H18N6O2. The molecule has 0 aromatic carbocycles. The minimum Gasteiger partial charge on any atom is -0.353 e. The third-order valence-electron chi connectivity index (χ3n) is 2.75. The van der Waals surface area contributed by atoms with Gasteiger partial charge in [0.2, 0.25) is 11.8 Å². The second kappa shape index (κ2) is 6.28. The van der Waals surface area contributed by atoms with Crippen molar-refractivity contribution in [3.63, 3.8) is 0 Å². The predicted octanol–water partition coefficient (Wildman–Crippen LogP) is -1.48. The van der Waals surface area contributed by atoms with Crippen molar-refractivity contribution in [2.75, 3.05) is 6.54 Å². The van der Waals surface area contributed by atoms with Crippen LogP contribution in [0.1, 0.15) is 25.0 Å². The van der Waals surface area contributed by atoms with Gasteiger partial charge >= 0.3 is 0 Å². The van der Waals surface area contributed by atoms with Gasteiger partial charge in [-0.2, -0.15) is 0 Å². The first-order valence-electron chi connectivity index (χ1n) is 6.32. The lowest BCUT2D eigenvalue weighted by molar-refractivity contribution is -0.121. The van der Waals surface area contributed by atoms with Crippen molar-refractivity contribution in [2.45, 2.75) is 38.4 Å². The highest BCUT2D eigenvalue weighted by Crippen LogP contribution is 2.18. The summed E-state index contributed by atoms with van der Waals surface area (Å²) in [6, 6.07) is 0.380. The number of rotatable bonds is 7. The summed E-state index contributed by atoms with van der Waals surface area (Å²) in [5.41, 5.74) is 5.81. The fourth-order valence-corrected chi connectivity index (χ4v) is 1.53. The maximum Gasteiger partial charge on any atom is 0.234 e. The molecule has 0 radical (unpaired) electrons. The second-order valence-corrected chi connectivity index (χ2v) is 4.55. The largest absolute Gasteiger partial charge is 0.353 e. The molecule has 0 spiro atoms. The van der Waals surface area contributed by atoms with Crippen LogP contribution in [-0.4, -0.2) is 39.4 Å². The van der Waals surface area contributed by atoms with Crippen LogP contribution in [0.5, 0.6) is 0 Å². The fraction of sp³-hybridized carbons (Fsp3) is 0.636. The molecule has 1 aliphatic carbocycles. The van der Waals surface area contributed by atoms with Gasteiger partial charge in [0.25, 0.3) is 0 Å². The number of aromatic nitrogens is 3. The molecule has 0 bridgehead atoms. The highest BCUT2D eigenvalue weighted by molar-refractivity contribution is 5.77. The number of nitrogens with two attached hydrogens (primary N) is 1. The zero-order valence-corrected chi connectivity index (χ0v) is 10.6. The molecule has 8 nitrogen and oxygen atoms in total. The SMILES string of the molecule is NCC(=O)NCc1cn(CCC(=O)NC2CC2)nn1. The van der Waals surface area contributed by atoms with E-state index >= 15 is 0 Å². The summed E-state index contributed by atoms with van der Waals surface area (Å²) in [6.07, 6.45) is 4.26. The molecule has 19 heavy (non-hydrogen) atoms. The number of nitrogens with one attached hydrogen (secondary N) is 2. The van der Waals surface area contributed by atoms with E-state index in [0.717, 1.165) is 12.8 Å². The van der Waals surface area contributed by atoms with Crippen LogP contribution in [0.4, 0.5) is 0 Å². The Kier molecular flexibility index (Phi) is 4.45. The molecular weight excluding hydrogens is 248 g/mol. The van der Waals surface area contributed by atoms with E-state index in [1.807, 2.05) is 0 Å². The highest BCUT2D eigenvalue weighted by Gasteiger charge is 2.22. The third kappa shape index (κ3) is 4.66. The Balaban J connectivity index is 1.70. The quantitative estimate of drug-likeness (QED) is 0.557. The lowest BCUT2D eigenvalue weighted by Crippen LogP contribution is -2.29. The Hall–Kier alpha value is -1.96. The first-order chi connectivity index (χ1) is 9.17. The number of carbonyl (C=O) groups is 2. The average Bonchev–Trinajstić information content (AvgIpc) is 3.09. The highest BCUT2D eigenvalue weighted by atomic mass is 16.2. The van der Waals surface area contributed by atoms with Crippen molar-refractivity contribution < 1.29 is 9.59 Å². The summed E-state index contributed by atoms with van der Waals surface area (Å²) in [5, 5.41) is 13.3. The second-order valence-electron chi connectivity index (χ2n) is 4.55. The predicted molar refractivity (Wildman–Crippen MR) is 66.7 cm³/mol. The van der Waals surface area contributed by atoms with Crippen LogP contribution in [0.25, 0.3) is 0 Å². The van der Waals surface area contributed by atoms with Gasteiger partial charge < -0.3 is 16.4 Å². The zero-order valence-electron chi connectivity index (χ0n) is 10.6. The Morgan fingerprint density at radius 1 is 1.42 bits per heavy atom. The van der Waals surface area contributed by atoms with Crippen LogP contribution in [-0.2, 0) is 22.7 Å². The van der Waals surface area contributed by atoms with Crippen LogP contribution in [0.15, 0.2) is 6.20 Å². The van der Waals surface area contributed by atoms with Crippen molar-refractivity contribution >= 4 is 11.8 Å². The number of hydrogen-bond acceptors (Lipinski definition) is 5. The molecule has 1 aliphatic rings. The number of carbonyl (C=O) groups excluding carboxylic acids is 2. The van der Waals surface area contributed by atoms with Gasteiger partial charge in [-0.15, -0.1) is 5.10 Å². The van der Waals surface area contributed by atoms with Gasteiger partial charge in [0, 0.05) is 12.5 Å². The van der Waals surface area contributed by atoms with Crippen molar-refractivity contribution in [1.29, 1.82) is 0 Å². The summed E-state index contributed by atoms with van der Waals surface area (Å²) in [6.45, 7) is 0.732. The van der Waals surface area contributed by atoms with Crippen LogP contribution in [0.3, 0.4) is 0 Å². The normalized spacial score (nSPS) is 14.2. The van der Waals surface area contributed by atoms with Crippen molar-refractivity contribution in [3.05, 3.63) is 11.9 Å². The van der Waals surface area contributed by atoms with Gasteiger partial charge in [-0.25, -0.2) is 0 Å². The maximum absolute atomic E-state index is 11.5. The summed E-state index contributed by atoms with van der Waals surface area (Å²) < 4.78 is 1.59. The molecule has 1 saturated carbocycles. The molecule has 0 atom stereocenters. The minimum absolute atomic E-state index is 0.0379. The Morgan fingerprint density at radius 3 is 2.89 bits per heavy atom. The third-order valence-corrected chi connectivity index (χ3v) is 2.75. The summed E-state index contributed by atoms with van der Waals surface area (Å²) in [4.78, 5) is 22.5. The first kappa shape index (κ1) is 13.5. The molecule has 1 aromatic rings. The summed E-state index contributed by atoms with van der Waals surface area (Å²) in [7, 11) is 0. The zero-order chi connectivity index (χ0) is 13.7. The Labute approximate surface area is 110 Å². The molecule has 0 saturated heterocycles. The van der Waals surface area contributed by atoms with Crippen LogP contribution in [0.2, 0.25) is 0 Å². The number of nitrogens with zero attached hydrogens (tertiary/aromatic N) is 3. The molecule has 1 heterocycles. The van der Waals surface area contributed by atoms with Gasteiger partial charge in [-0.3, -0.25) is 14.3 Å². The number of aryl methyl sites for hydroxylation is 1. The fourth-order valence-electron chi connectivity index (χ4n) is 1.53. The van der Waals surface area contributed by atoms with Crippen molar-refractivity contribution in [2.24, 2.45) is 5.73 Å². The smallest absolute Gasteiger partial charge is 0.234 e. The van der Waals surface area contributed by atoms with Crippen LogP contribution >= 0.6 is 0 Å². The van der Waals surface area contributed by atoms with E-state index in [9.17, 15) is 9.59 Å². The lowest BCUT2D eigenvalue weighted by Gasteiger charge is -2.02. The van der Waals surface area contributed by atoms with Gasteiger partial charge in [-0.05, 0) is 12.8 Å². The van der Waals surface area contributed by atoms with E-state index in [1.165, 1.54) is 0 Å². The lowest BCUT2D eigenvalue weighted by atomic mass is 10.4. The van der Waals surface area contributed by atoms with Gasteiger partial charge in [0.15, 0.2) is 0 Å². The van der Waals surface area contributed by atoms with Gasteiger partial charge in [0.1, 0.15) is 5.69 Å². The standard InChI is InChI=1S/C11H18N6O2/c12-5-11(19)13-6-9-7-17(16-15-9)4-3-10(18)14-8-1-2-8/h7-8H,1-6,12H2,(H,13,19)(H,14,18). The van der Waals surface area contributed by atoms with E-state index in [4.69, 9.17) is 5.73 Å².